The smallest absolute Gasteiger partial charge is 0.410 e. The van der Waals surface area contributed by atoms with Crippen LogP contribution in [0.25, 0.3) is 0 Å². The molecular weight excluding hydrogens is 308 g/mol. The van der Waals surface area contributed by atoms with E-state index in [2.05, 4.69) is 4.98 Å². The number of aryl methyl sites for hydroxylation is 1. The normalized spacial score (nSPS) is 15.8. The highest BCUT2D eigenvalue weighted by Gasteiger charge is 2.30. The lowest BCUT2D eigenvalue weighted by atomic mass is 10.2. The number of anilines is 1. The molecule has 1 aliphatic rings. The van der Waals surface area contributed by atoms with E-state index in [0.29, 0.717) is 37.0 Å². The van der Waals surface area contributed by atoms with Crippen molar-refractivity contribution in [2.24, 2.45) is 0 Å². The van der Waals surface area contributed by atoms with E-state index in [1.807, 2.05) is 25.7 Å². The Morgan fingerprint density at radius 1 is 1.32 bits per heavy atom. The molecule has 0 saturated carbocycles. The maximum absolute atomic E-state index is 12.0. The molecule has 1 aromatic heterocycles. The van der Waals surface area contributed by atoms with Crippen molar-refractivity contribution in [2.45, 2.75) is 33.3 Å². The molecule has 2 heterocycles. The Bertz CT molecular complexity index is 573. The second-order valence-electron chi connectivity index (χ2n) is 6.07. The van der Waals surface area contributed by atoms with E-state index in [-0.39, 0.29) is 11.1 Å². The number of aromatic nitrogens is 1. The minimum atomic E-state index is -0.529. The Labute approximate surface area is 132 Å². The summed E-state index contributed by atoms with van der Waals surface area (Å²) in [7, 11) is 0. The Balaban J connectivity index is 2.01. The molecule has 0 N–H and O–H groups in total. The van der Waals surface area contributed by atoms with Crippen LogP contribution in [0, 0.1) is 17.0 Å². The molecular formula is C13H20N4O4S. The SMILES string of the molecule is Cc1nc(N2CCN(C(=O)OC(C)(C)C)CC2)c([N+](=O)[O-])s1. The van der Waals surface area contributed by atoms with Gasteiger partial charge in [-0.05, 0) is 39.0 Å². The van der Waals surface area contributed by atoms with Crippen molar-refractivity contribution in [3.63, 3.8) is 0 Å². The van der Waals surface area contributed by atoms with Gasteiger partial charge in [0.25, 0.3) is 0 Å². The van der Waals surface area contributed by atoms with Crippen LogP contribution >= 0.6 is 11.3 Å². The molecule has 0 aliphatic carbocycles. The molecule has 0 bridgehead atoms. The van der Waals surface area contributed by atoms with Crippen LogP contribution in [-0.4, -0.2) is 52.7 Å². The molecule has 0 unspecified atom stereocenters. The Morgan fingerprint density at radius 3 is 2.41 bits per heavy atom. The Kier molecular flexibility index (Phi) is 4.55. The van der Waals surface area contributed by atoms with Gasteiger partial charge in [0.05, 0.1) is 9.93 Å². The molecule has 0 spiro atoms. The molecule has 0 radical (unpaired) electrons. The summed E-state index contributed by atoms with van der Waals surface area (Å²) < 4.78 is 5.33. The quantitative estimate of drug-likeness (QED) is 0.612. The van der Waals surface area contributed by atoms with E-state index in [1.54, 1.807) is 11.8 Å². The van der Waals surface area contributed by atoms with E-state index in [9.17, 15) is 14.9 Å². The number of rotatable bonds is 2. The van der Waals surface area contributed by atoms with Crippen molar-refractivity contribution in [1.82, 2.24) is 9.88 Å². The summed E-state index contributed by atoms with van der Waals surface area (Å²) in [6.45, 7) is 9.14. The first-order valence-electron chi connectivity index (χ1n) is 7.02. The summed E-state index contributed by atoms with van der Waals surface area (Å²) in [6.07, 6.45) is -0.351. The third-order valence-corrected chi connectivity index (χ3v) is 4.01. The van der Waals surface area contributed by atoms with Gasteiger partial charge in [-0.15, -0.1) is 0 Å². The van der Waals surface area contributed by atoms with E-state index >= 15 is 0 Å². The van der Waals surface area contributed by atoms with Gasteiger partial charge in [-0.1, -0.05) is 0 Å². The largest absolute Gasteiger partial charge is 0.444 e. The average Bonchev–Trinajstić information content (AvgIpc) is 2.79. The zero-order chi connectivity index (χ0) is 16.5. The zero-order valence-corrected chi connectivity index (χ0v) is 14.0. The highest BCUT2D eigenvalue weighted by Crippen LogP contribution is 2.34. The minimum Gasteiger partial charge on any atom is -0.444 e. The van der Waals surface area contributed by atoms with Gasteiger partial charge in [-0.2, -0.15) is 0 Å². The predicted molar refractivity (Wildman–Crippen MR) is 83.5 cm³/mol. The third kappa shape index (κ3) is 3.85. The van der Waals surface area contributed by atoms with E-state index in [1.165, 1.54) is 0 Å². The fourth-order valence-electron chi connectivity index (χ4n) is 2.16. The molecule has 0 atom stereocenters. The molecule has 1 fully saturated rings. The van der Waals surface area contributed by atoms with Gasteiger partial charge in [-0.25, -0.2) is 9.78 Å². The van der Waals surface area contributed by atoms with Gasteiger partial charge >= 0.3 is 11.1 Å². The number of hydrogen-bond donors (Lipinski definition) is 0. The standard InChI is InChI=1S/C13H20N4O4S/c1-9-14-10(11(22-9)17(19)20)15-5-7-16(8-6-15)12(18)21-13(2,3)4/h5-8H2,1-4H3. The zero-order valence-electron chi connectivity index (χ0n) is 13.2. The lowest BCUT2D eigenvalue weighted by Crippen LogP contribution is -2.50. The van der Waals surface area contributed by atoms with Gasteiger partial charge in [0.15, 0.2) is 0 Å². The summed E-state index contributed by atoms with van der Waals surface area (Å²) >= 11 is 1.07. The third-order valence-electron chi connectivity index (χ3n) is 3.10. The summed E-state index contributed by atoms with van der Waals surface area (Å²) in [6, 6.07) is 0. The molecule has 1 aliphatic heterocycles. The van der Waals surface area contributed by atoms with E-state index in [4.69, 9.17) is 4.74 Å². The maximum atomic E-state index is 12.0. The number of thiazole rings is 1. The summed E-state index contributed by atoms with van der Waals surface area (Å²) in [4.78, 5) is 30.4. The van der Waals surface area contributed by atoms with Crippen LogP contribution < -0.4 is 4.90 Å². The molecule has 122 valence electrons. The number of amides is 1. The molecule has 1 aromatic rings. The first kappa shape index (κ1) is 16.5. The number of nitrogens with zero attached hydrogens (tertiary/aromatic N) is 4. The molecule has 1 amide bonds. The minimum absolute atomic E-state index is 0.0585. The summed E-state index contributed by atoms with van der Waals surface area (Å²) in [5.74, 6) is 0.399. The first-order valence-corrected chi connectivity index (χ1v) is 7.84. The van der Waals surface area contributed by atoms with Crippen molar-refractivity contribution >= 4 is 28.2 Å². The summed E-state index contributed by atoms with van der Waals surface area (Å²) in [5, 5.41) is 11.8. The number of carbonyl (C=O) groups excluding carboxylic acids is 1. The Hall–Kier alpha value is -1.90. The predicted octanol–water partition coefficient (Wildman–Crippen LogP) is 2.42. The van der Waals surface area contributed by atoms with Crippen molar-refractivity contribution in [2.75, 3.05) is 31.1 Å². The van der Waals surface area contributed by atoms with Gasteiger partial charge in [-0.3, -0.25) is 10.1 Å². The van der Waals surface area contributed by atoms with Crippen molar-refractivity contribution in [3.05, 3.63) is 15.1 Å². The molecule has 22 heavy (non-hydrogen) atoms. The number of piperazine rings is 1. The first-order chi connectivity index (χ1) is 10.2. The van der Waals surface area contributed by atoms with Crippen LogP contribution in [0.1, 0.15) is 25.8 Å². The second kappa shape index (κ2) is 6.07. The fraction of sp³-hybridized carbons (Fsp3) is 0.692. The average molecular weight is 328 g/mol. The van der Waals surface area contributed by atoms with Crippen LogP contribution in [0.4, 0.5) is 15.6 Å². The maximum Gasteiger partial charge on any atom is 0.410 e. The summed E-state index contributed by atoms with van der Waals surface area (Å²) in [5.41, 5.74) is -0.529. The van der Waals surface area contributed by atoms with Gasteiger partial charge in [0, 0.05) is 26.2 Å². The van der Waals surface area contributed by atoms with Crippen molar-refractivity contribution in [1.29, 1.82) is 0 Å². The highest BCUT2D eigenvalue weighted by atomic mass is 32.1. The monoisotopic (exact) mass is 328 g/mol. The second-order valence-corrected chi connectivity index (χ2v) is 7.25. The van der Waals surface area contributed by atoms with E-state index < -0.39 is 10.5 Å². The molecule has 2 rings (SSSR count). The van der Waals surface area contributed by atoms with Crippen molar-refractivity contribution in [3.8, 4) is 0 Å². The van der Waals surface area contributed by atoms with E-state index in [0.717, 1.165) is 11.3 Å². The number of hydrogen-bond acceptors (Lipinski definition) is 7. The van der Waals surface area contributed by atoms with Gasteiger partial charge < -0.3 is 14.5 Å². The van der Waals surface area contributed by atoms with Crippen LogP contribution in [0.2, 0.25) is 0 Å². The highest BCUT2D eigenvalue weighted by molar-refractivity contribution is 7.15. The fourth-order valence-corrected chi connectivity index (χ4v) is 2.91. The lowest BCUT2D eigenvalue weighted by molar-refractivity contribution is -0.379. The van der Waals surface area contributed by atoms with Crippen LogP contribution in [0.15, 0.2) is 0 Å². The number of ether oxygens (including phenoxy) is 1. The number of nitro groups is 1. The lowest BCUT2D eigenvalue weighted by Gasteiger charge is -2.35. The van der Waals surface area contributed by atoms with Gasteiger partial charge in [0.2, 0.25) is 5.82 Å². The number of carbonyl (C=O) groups is 1. The van der Waals surface area contributed by atoms with Crippen LogP contribution in [0.3, 0.4) is 0 Å². The topological polar surface area (TPSA) is 88.8 Å². The molecule has 9 heteroatoms. The Morgan fingerprint density at radius 2 is 1.91 bits per heavy atom. The van der Waals surface area contributed by atoms with Crippen LogP contribution in [0.5, 0.6) is 0 Å². The molecule has 8 nitrogen and oxygen atoms in total. The van der Waals surface area contributed by atoms with Crippen molar-refractivity contribution < 1.29 is 14.5 Å². The van der Waals surface area contributed by atoms with Gasteiger partial charge in [0.1, 0.15) is 5.60 Å². The molecule has 0 aromatic carbocycles. The molecule has 1 saturated heterocycles. The van der Waals surface area contributed by atoms with Crippen LogP contribution in [-0.2, 0) is 4.74 Å².